The topological polar surface area (TPSA) is 3.88 Å². The van der Waals surface area contributed by atoms with Crippen molar-refractivity contribution in [3.05, 3.63) is 41.4 Å². The van der Waals surface area contributed by atoms with Crippen molar-refractivity contribution in [2.24, 2.45) is 0 Å². The average Bonchev–Trinajstić information content (AvgIpc) is 2.86. The largest absolute Gasteiger partial charge is 0.223 e. The molecule has 0 saturated carbocycles. The molecule has 0 fully saturated rings. The van der Waals surface area contributed by atoms with Crippen molar-refractivity contribution in [2.75, 3.05) is 0 Å². The maximum Gasteiger partial charge on any atom is 0.223 e. The maximum atomic E-state index is 2.48. The van der Waals surface area contributed by atoms with Crippen LogP contribution in [0.2, 0.25) is 0 Å². The van der Waals surface area contributed by atoms with Crippen LogP contribution in [0.3, 0.4) is 0 Å². The van der Waals surface area contributed by atoms with E-state index in [9.17, 15) is 0 Å². The molecule has 0 aliphatic carbocycles. The van der Waals surface area contributed by atoms with Crippen molar-refractivity contribution in [1.82, 2.24) is 0 Å². The molecule has 1 aliphatic rings. The number of hydrogen-bond acceptors (Lipinski definition) is 1. The van der Waals surface area contributed by atoms with Gasteiger partial charge in [0.2, 0.25) is 5.69 Å². The van der Waals surface area contributed by atoms with Gasteiger partial charge in [0.15, 0.2) is 12.2 Å². The summed E-state index contributed by atoms with van der Waals surface area (Å²) >= 11 is 1.88. The van der Waals surface area contributed by atoms with Crippen molar-refractivity contribution < 1.29 is 4.57 Å². The maximum absolute atomic E-state index is 2.48. The van der Waals surface area contributed by atoms with Gasteiger partial charge in [-0.15, -0.1) is 11.3 Å². The standard InChI is InChI=1S/C15H18NS/c1-3-11-12-8-10-17-15(12)14-7-5-6-9-16(14)13(11)4-2/h5-11,13H,3-4H2,1-2H3/q+1. The fourth-order valence-corrected chi connectivity index (χ4v) is 4.13. The van der Waals surface area contributed by atoms with Gasteiger partial charge in [-0.2, -0.15) is 4.57 Å². The van der Waals surface area contributed by atoms with Gasteiger partial charge in [0.05, 0.1) is 0 Å². The Kier molecular flexibility index (Phi) is 2.75. The first-order valence-electron chi connectivity index (χ1n) is 6.44. The third kappa shape index (κ3) is 1.54. The summed E-state index contributed by atoms with van der Waals surface area (Å²) in [5, 5.41) is 2.24. The third-order valence-corrected chi connectivity index (χ3v) is 4.85. The van der Waals surface area contributed by atoms with Crippen LogP contribution in [-0.2, 0) is 0 Å². The summed E-state index contributed by atoms with van der Waals surface area (Å²) in [7, 11) is 0. The number of nitrogens with zero attached hydrogens (tertiary/aromatic N) is 1. The summed E-state index contributed by atoms with van der Waals surface area (Å²) < 4.78 is 2.48. The SMILES string of the molecule is CCC1c2ccsc2-c2cccc[n+]2C1CC. The van der Waals surface area contributed by atoms with Crippen molar-refractivity contribution in [1.29, 1.82) is 0 Å². The smallest absolute Gasteiger partial charge is 0.194 e. The van der Waals surface area contributed by atoms with Crippen LogP contribution in [0, 0.1) is 0 Å². The van der Waals surface area contributed by atoms with Gasteiger partial charge in [-0.25, -0.2) is 0 Å². The Morgan fingerprint density at radius 1 is 1.18 bits per heavy atom. The Balaban J connectivity index is 2.25. The summed E-state index contributed by atoms with van der Waals surface area (Å²) in [5.41, 5.74) is 2.96. The quantitative estimate of drug-likeness (QED) is 0.698. The van der Waals surface area contributed by atoms with Crippen LogP contribution in [0.1, 0.15) is 44.2 Å². The minimum atomic E-state index is 0.623. The summed E-state index contributed by atoms with van der Waals surface area (Å²) in [4.78, 5) is 1.47. The molecule has 0 saturated heterocycles. The molecule has 1 nitrogen and oxygen atoms in total. The first-order valence-corrected chi connectivity index (χ1v) is 7.32. The van der Waals surface area contributed by atoms with Crippen LogP contribution in [0.4, 0.5) is 0 Å². The molecule has 0 bridgehead atoms. The second-order valence-corrected chi connectivity index (χ2v) is 5.60. The lowest BCUT2D eigenvalue weighted by Crippen LogP contribution is -2.46. The molecule has 3 heterocycles. The monoisotopic (exact) mass is 244 g/mol. The fourth-order valence-electron chi connectivity index (χ4n) is 3.13. The Bertz CT molecular complexity index is 529. The zero-order valence-electron chi connectivity index (χ0n) is 10.4. The molecule has 2 heteroatoms. The molecule has 2 unspecified atom stereocenters. The number of pyridine rings is 1. The fraction of sp³-hybridized carbons (Fsp3) is 0.400. The molecule has 0 aromatic carbocycles. The predicted molar refractivity (Wildman–Crippen MR) is 72.3 cm³/mol. The summed E-state index contributed by atoms with van der Waals surface area (Å²) in [6.45, 7) is 4.61. The van der Waals surface area contributed by atoms with Crippen LogP contribution < -0.4 is 4.57 Å². The molecular formula is C15H18NS+. The summed E-state index contributed by atoms with van der Waals surface area (Å²) in [5.74, 6) is 0.682. The van der Waals surface area contributed by atoms with E-state index in [1.807, 2.05) is 11.3 Å². The summed E-state index contributed by atoms with van der Waals surface area (Å²) in [6, 6.07) is 9.50. The molecule has 2 atom stereocenters. The molecule has 2 aromatic heterocycles. The highest BCUT2D eigenvalue weighted by atomic mass is 32.1. The molecule has 3 rings (SSSR count). The second-order valence-electron chi connectivity index (χ2n) is 4.69. The lowest BCUT2D eigenvalue weighted by Gasteiger charge is -2.27. The van der Waals surface area contributed by atoms with Gasteiger partial charge in [-0.05, 0) is 29.5 Å². The lowest BCUT2D eigenvalue weighted by molar-refractivity contribution is -0.718. The van der Waals surface area contributed by atoms with Crippen LogP contribution in [-0.4, -0.2) is 0 Å². The van der Waals surface area contributed by atoms with Crippen molar-refractivity contribution >= 4 is 11.3 Å². The zero-order valence-corrected chi connectivity index (χ0v) is 11.2. The summed E-state index contributed by atoms with van der Waals surface area (Å²) in [6.07, 6.45) is 4.67. The second kappa shape index (κ2) is 4.26. The van der Waals surface area contributed by atoms with Gasteiger partial charge < -0.3 is 0 Å². The van der Waals surface area contributed by atoms with Gasteiger partial charge >= 0.3 is 0 Å². The molecule has 88 valence electrons. The van der Waals surface area contributed by atoms with E-state index in [4.69, 9.17) is 0 Å². The van der Waals surface area contributed by atoms with Gasteiger partial charge in [0.1, 0.15) is 4.88 Å². The van der Waals surface area contributed by atoms with Crippen molar-refractivity contribution in [3.8, 4) is 10.6 Å². The average molecular weight is 244 g/mol. The molecule has 17 heavy (non-hydrogen) atoms. The molecule has 2 aromatic rings. The molecular weight excluding hydrogens is 226 g/mol. The van der Waals surface area contributed by atoms with Crippen molar-refractivity contribution in [2.45, 2.75) is 38.6 Å². The van der Waals surface area contributed by atoms with E-state index in [0.29, 0.717) is 12.0 Å². The minimum Gasteiger partial charge on any atom is -0.194 e. The number of aromatic nitrogens is 1. The highest BCUT2D eigenvalue weighted by Gasteiger charge is 2.38. The number of fused-ring (bicyclic) bond motifs is 3. The Morgan fingerprint density at radius 3 is 2.82 bits per heavy atom. The van der Waals surface area contributed by atoms with Gasteiger partial charge in [-0.1, -0.05) is 13.8 Å². The van der Waals surface area contributed by atoms with Gasteiger partial charge in [0.25, 0.3) is 0 Å². The Labute approximate surface area is 107 Å². The van der Waals surface area contributed by atoms with E-state index < -0.39 is 0 Å². The van der Waals surface area contributed by atoms with E-state index in [1.165, 1.54) is 23.4 Å². The number of thiophene rings is 1. The highest BCUT2D eigenvalue weighted by Crippen LogP contribution is 2.43. The minimum absolute atomic E-state index is 0.623. The Hall–Kier alpha value is -1.15. The zero-order chi connectivity index (χ0) is 11.8. The van der Waals surface area contributed by atoms with E-state index in [-0.39, 0.29) is 0 Å². The van der Waals surface area contributed by atoms with Crippen LogP contribution >= 0.6 is 11.3 Å². The molecule has 0 radical (unpaired) electrons. The van der Waals surface area contributed by atoms with E-state index in [0.717, 1.165) is 0 Å². The van der Waals surface area contributed by atoms with E-state index in [1.54, 1.807) is 5.56 Å². The van der Waals surface area contributed by atoms with E-state index >= 15 is 0 Å². The molecule has 0 amide bonds. The first-order chi connectivity index (χ1) is 8.36. The predicted octanol–water partition coefficient (Wildman–Crippen LogP) is 4.16. The molecule has 0 spiro atoms. The van der Waals surface area contributed by atoms with Gasteiger partial charge in [-0.3, -0.25) is 0 Å². The number of rotatable bonds is 2. The molecule has 1 aliphatic heterocycles. The van der Waals surface area contributed by atoms with Crippen LogP contribution in [0.5, 0.6) is 0 Å². The number of hydrogen-bond donors (Lipinski definition) is 0. The molecule has 0 N–H and O–H groups in total. The van der Waals surface area contributed by atoms with Crippen LogP contribution in [0.15, 0.2) is 35.8 Å². The normalized spacial score (nSPS) is 22.0. The van der Waals surface area contributed by atoms with E-state index in [2.05, 4.69) is 54.3 Å². The third-order valence-electron chi connectivity index (χ3n) is 3.90. The first kappa shape index (κ1) is 11.0. The van der Waals surface area contributed by atoms with Crippen molar-refractivity contribution in [3.63, 3.8) is 0 Å². The highest BCUT2D eigenvalue weighted by molar-refractivity contribution is 7.13. The lowest BCUT2D eigenvalue weighted by atomic mass is 9.84. The van der Waals surface area contributed by atoms with Crippen LogP contribution in [0.25, 0.3) is 10.6 Å². The van der Waals surface area contributed by atoms with Gasteiger partial charge in [0, 0.05) is 24.5 Å². The Morgan fingerprint density at radius 2 is 2.06 bits per heavy atom.